The van der Waals surface area contributed by atoms with Crippen LogP contribution in [0.3, 0.4) is 0 Å². The molecule has 92 valence electrons. The third-order valence-electron chi connectivity index (χ3n) is 2.33. The van der Waals surface area contributed by atoms with Gasteiger partial charge in [-0.15, -0.1) is 0 Å². The molecule has 0 saturated carbocycles. The molecule has 0 saturated heterocycles. The van der Waals surface area contributed by atoms with E-state index < -0.39 is 11.4 Å². The number of hydrogen-bond donors (Lipinski definition) is 3. The van der Waals surface area contributed by atoms with Crippen LogP contribution in [0.25, 0.3) is 0 Å². The van der Waals surface area contributed by atoms with Gasteiger partial charge >= 0.3 is 0 Å². The highest BCUT2D eigenvalue weighted by Gasteiger charge is 2.21. The van der Waals surface area contributed by atoms with Gasteiger partial charge in [0.05, 0.1) is 5.54 Å². The van der Waals surface area contributed by atoms with Gasteiger partial charge in [-0.1, -0.05) is 0 Å². The van der Waals surface area contributed by atoms with Crippen molar-refractivity contribution in [3.63, 3.8) is 0 Å². The molecule has 1 rings (SSSR count). The van der Waals surface area contributed by atoms with Crippen molar-refractivity contribution in [3.8, 4) is 0 Å². The standard InChI is InChI=1S/C12H17N3O2/c1-7-6-8(4-5-9(7)10(13)16)15-11(17)12(2,3)14/h4-6H,14H2,1-3H3,(H2,13,16)(H,15,17). The molecule has 1 aromatic rings. The minimum absolute atomic E-state index is 0.288. The van der Waals surface area contributed by atoms with Crippen LogP contribution in [0.4, 0.5) is 5.69 Å². The highest BCUT2D eigenvalue weighted by atomic mass is 16.2. The first-order chi connectivity index (χ1) is 7.71. The Bertz CT molecular complexity index is 461. The van der Waals surface area contributed by atoms with Crippen LogP contribution < -0.4 is 16.8 Å². The summed E-state index contributed by atoms with van der Waals surface area (Å²) in [5.74, 6) is -0.775. The number of hydrogen-bond acceptors (Lipinski definition) is 3. The molecule has 0 radical (unpaired) electrons. The Labute approximate surface area is 100 Å². The van der Waals surface area contributed by atoms with Crippen LogP contribution >= 0.6 is 0 Å². The summed E-state index contributed by atoms with van der Waals surface area (Å²) in [6, 6.07) is 4.89. The zero-order valence-corrected chi connectivity index (χ0v) is 10.2. The summed E-state index contributed by atoms with van der Waals surface area (Å²) < 4.78 is 0. The van der Waals surface area contributed by atoms with E-state index in [0.29, 0.717) is 16.8 Å². The summed E-state index contributed by atoms with van der Waals surface area (Å²) >= 11 is 0. The van der Waals surface area contributed by atoms with Gasteiger partial charge in [0.15, 0.2) is 0 Å². The molecule has 0 spiro atoms. The van der Waals surface area contributed by atoms with Gasteiger partial charge in [0.2, 0.25) is 11.8 Å². The van der Waals surface area contributed by atoms with Crippen molar-refractivity contribution in [1.82, 2.24) is 0 Å². The topological polar surface area (TPSA) is 98.2 Å². The molecular weight excluding hydrogens is 218 g/mol. The number of anilines is 1. The Morgan fingerprint density at radius 2 is 1.88 bits per heavy atom. The number of rotatable bonds is 3. The predicted octanol–water partition coefficient (Wildman–Crippen LogP) is 0.770. The van der Waals surface area contributed by atoms with Crippen molar-refractivity contribution in [2.24, 2.45) is 11.5 Å². The zero-order valence-electron chi connectivity index (χ0n) is 10.2. The molecule has 0 bridgehead atoms. The van der Waals surface area contributed by atoms with E-state index in [-0.39, 0.29) is 5.91 Å². The van der Waals surface area contributed by atoms with E-state index in [1.165, 1.54) is 0 Å². The molecule has 17 heavy (non-hydrogen) atoms. The molecule has 5 N–H and O–H groups in total. The van der Waals surface area contributed by atoms with Crippen molar-refractivity contribution in [2.45, 2.75) is 26.3 Å². The van der Waals surface area contributed by atoms with Gasteiger partial charge < -0.3 is 16.8 Å². The Kier molecular flexibility index (Phi) is 3.53. The van der Waals surface area contributed by atoms with Gasteiger partial charge in [0, 0.05) is 11.3 Å². The second kappa shape index (κ2) is 4.55. The average molecular weight is 235 g/mol. The van der Waals surface area contributed by atoms with E-state index in [2.05, 4.69) is 5.32 Å². The summed E-state index contributed by atoms with van der Waals surface area (Å²) in [6.45, 7) is 4.99. The molecule has 5 nitrogen and oxygen atoms in total. The normalized spacial score (nSPS) is 11.1. The minimum Gasteiger partial charge on any atom is -0.366 e. The molecule has 0 heterocycles. The minimum atomic E-state index is -0.948. The smallest absolute Gasteiger partial charge is 0.248 e. The molecule has 1 aromatic carbocycles. The van der Waals surface area contributed by atoms with Crippen LogP contribution in [0.2, 0.25) is 0 Å². The molecular formula is C12H17N3O2. The average Bonchev–Trinajstić information content (AvgIpc) is 2.15. The van der Waals surface area contributed by atoms with Crippen LogP contribution in [0, 0.1) is 6.92 Å². The first kappa shape index (κ1) is 13.2. The summed E-state index contributed by atoms with van der Waals surface area (Å²) in [6.07, 6.45) is 0. The van der Waals surface area contributed by atoms with Gasteiger partial charge in [0.1, 0.15) is 0 Å². The Balaban J connectivity index is 2.92. The second-order valence-electron chi connectivity index (χ2n) is 4.57. The van der Waals surface area contributed by atoms with Gasteiger partial charge in [0.25, 0.3) is 0 Å². The Morgan fingerprint density at radius 3 is 2.29 bits per heavy atom. The lowest BCUT2D eigenvalue weighted by Crippen LogP contribution is -2.45. The fourth-order valence-corrected chi connectivity index (χ4v) is 1.31. The first-order valence-corrected chi connectivity index (χ1v) is 5.22. The number of amides is 2. The van der Waals surface area contributed by atoms with Gasteiger partial charge in [-0.05, 0) is 44.5 Å². The van der Waals surface area contributed by atoms with Crippen molar-refractivity contribution in [1.29, 1.82) is 0 Å². The summed E-state index contributed by atoms with van der Waals surface area (Å²) in [5.41, 5.74) is 11.6. The molecule has 0 aliphatic rings. The van der Waals surface area contributed by atoms with E-state index in [1.54, 1.807) is 39.0 Å². The summed E-state index contributed by atoms with van der Waals surface area (Å²) in [5, 5.41) is 2.67. The number of nitrogens with one attached hydrogen (secondary N) is 1. The quantitative estimate of drug-likeness (QED) is 0.721. The fraction of sp³-hybridized carbons (Fsp3) is 0.333. The van der Waals surface area contributed by atoms with Gasteiger partial charge in [-0.25, -0.2) is 0 Å². The van der Waals surface area contributed by atoms with Crippen LogP contribution in [0.5, 0.6) is 0 Å². The van der Waals surface area contributed by atoms with Gasteiger partial charge in [-0.2, -0.15) is 0 Å². The monoisotopic (exact) mass is 235 g/mol. The molecule has 2 amide bonds. The molecule has 0 aromatic heterocycles. The maximum absolute atomic E-state index is 11.6. The van der Waals surface area contributed by atoms with Gasteiger partial charge in [-0.3, -0.25) is 9.59 Å². The zero-order chi connectivity index (χ0) is 13.2. The Morgan fingerprint density at radius 1 is 1.29 bits per heavy atom. The third-order valence-corrected chi connectivity index (χ3v) is 2.33. The number of aryl methyl sites for hydroxylation is 1. The number of benzene rings is 1. The molecule has 0 atom stereocenters. The number of carbonyl (C=O) groups is 2. The fourth-order valence-electron chi connectivity index (χ4n) is 1.31. The predicted molar refractivity (Wildman–Crippen MR) is 66.6 cm³/mol. The van der Waals surface area contributed by atoms with Crippen molar-refractivity contribution < 1.29 is 9.59 Å². The van der Waals surface area contributed by atoms with Crippen molar-refractivity contribution >= 4 is 17.5 Å². The highest BCUT2D eigenvalue weighted by molar-refractivity contribution is 5.99. The summed E-state index contributed by atoms with van der Waals surface area (Å²) in [7, 11) is 0. The molecule has 0 aliphatic carbocycles. The molecule has 0 fully saturated rings. The summed E-state index contributed by atoms with van der Waals surface area (Å²) in [4.78, 5) is 22.7. The second-order valence-corrected chi connectivity index (χ2v) is 4.57. The number of primary amides is 1. The Hall–Kier alpha value is -1.88. The van der Waals surface area contributed by atoms with Crippen LogP contribution in [0.15, 0.2) is 18.2 Å². The molecule has 0 unspecified atom stereocenters. The largest absolute Gasteiger partial charge is 0.366 e. The van der Waals surface area contributed by atoms with Crippen molar-refractivity contribution in [3.05, 3.63) is 29.3 Å². The maximum Gasteiger partial charge on any atom is 0.248 e. The number of carbonyl (C=O) groups excluding carboxylic acids is 2. The molecule has 5 heteroatoms. The lowest BCUT2D eigenvalue weighted by molar-refractivity contribution is -0.120. The van der Waals surface area contributed by atoms with Crippen LogP contribution in [0.1, 0.15) is 29.8 Å². The third kappa shape index (κ3) is 3.29. The number of nitrogens with two attached hydrogens (primary N) is 2. The maximum atomic E-state index is 11.6. The molecule has 0 aliphatic heterocycles. The van der Waals surface area contributed by atoms with E-state index in [0.717, 1.165) is 0 Å². The van der Waals surface area contributed by atoms with Crippen LogP contribution in [-0.4, -0.2) is 17.4 Å². The van der Waals surface area contributed by atoms with E-state index in [4.69, 9.17) is 11.5 Å². The lowest BCUT2D eigenvalue weighted by Gasteiger charge is -2.18. The first-order valence-electron chi connectivity index (χ1n) is 5.22. The van der Waals surface area contributed by atoms with E-state index in [9.17, 15) is 9.59 Å². The van der Waals surface area contributed by atoms with Crippen LogP contribution in [-0.2, 0) is 4.79 Å². The van der Waals surface area contributed by atoms with Crippen molar-refractivity contribution in [2.75, 3.05) is 5.32 Å². The highest BCUT2D eigenvalue weighted by Crippen LogP contribution is 2.15. The van der Waals surface area contributed by atoms with E-state index in [1.807, 2.05) is 0 Å². The SMILES string of the molecule is Cc1cc(NC(=O)C(C)(C)N)ccc1C(N)=O. The van der Waals surface area contributed by atoms with E-state index >= 15 is 0 Å². The lowest BCUT2D eigenvalue weighted by atomic mass is 10.0.